The van der Waals surface area contributed by atoms with Crippen LogP contribution in [-0.2, 0) is 4.84 Å². The first-order chi connectivity index (χ1) is 16.2. The smallest absolute Gasteiger partial charge is 0.229 e. The summed E-state index contributed by atoms with van der Waals surface area (Å²) >= 11 is 0. The minimum atomic E-state index is 0.00363. The molecule has 1 aromatic heterocycles. The fraction of sp³-hybridized carbons (Fsp3) is 0.320. The molecular weight excluding hydrogens is 414 g/mol. The van der Waals surface area contributed by atoms with Crippen molar-refractivity contribution >= 4 is 23.1 Å². The molecule has 0 bridgehead atoms. The summed E-state index contributed by atoms with van der Waals surface area (Å²) in [5, 5.41) is 14.7. The molecule has 2 aliphatic rings. The van der Waals surface area contributed by atoms with Gasteiger partial charge in [0, 0.05) is 44.0 Å². The van der Waals surface area contributed by atoms with Crippen molar-refractivity contribution in [3.8, 4) is 6.07 Å². The molecule has 1 atom stereocenters. The van der Waals surface area contributed by atoms with E-state index < -0.39 is 0 Å². The summed E-state index contributed by atoms with van der Waals surface area (Å²) in [7, 11) is 2.16. The van der Waals surface area contributed by atoms with Gasteiger partial charge in [-0.3, -0.25) is 4.84 Å². The highest BCUT2D eigenvalue weighted by Crippen LogP contribution is 2.35. The normalized spacial score (nSPS) is 18.8. The molecule has 3 heterocycles. The molecule has 2 fully saturated rings. The molecule has 5 rings (SSSR count). The van der Waals surface area contributed by atoms with Crippen LogP contribution in [0.5, 0.6) is 0 Å². The van der Waals surface area contributed by atoms with Crippen molar-refractivity contribution in [2.45, 2.75) is 12.5 Å². The van der Waals surface area contributed by atoms with Crippen molar-refractivity contribution in [1.29, 1.82) is 5.26 Å². The molecule has 1 N–H and O–H groups in total. The molecule has 0 amide bonds. The predicted molar refractivity (Wildman–Crippen MR) is 128 cm³/mol. The van der Waals surface area contributed by atoms with Crippen molar-refractivity contribution < 1.29 is 4.84 Å². The second-order valence-electron chi connectivity index (χ2n) is 8.38. The monoisotopic (exact) mass is 441 g/mol. The summed E-state index contributed by atoms with van der Waals surface area (Å²) in [4.78, 5) is 19.7. The number of hydrogen-bond acceptors (Lipinski definition) is 8. The van der Waals surface area contributed by atoms with Gasteiger partial charge in [-0.25, -0.2) is 10.0 Å². The molecule has 2 saturated heterocycles. The highest BCUT2D eigenvalue weighted by Gasteiger charge is 2.31. The van der Waals surface area contributed by atoms with Gasteiger partial charge in [-0.2, -0.15) is 10.2 Å². The number of benzene rings is 2. The summed E-state index contributed by atoms with van der Waals surface area (Å²) in [6.07, 6.45) is 2.38. The lowest BCUT2D eigenvalue weighted by Crippen LogP contribution is -2.44. The minimum Gasteiger partial charge on any atom is -0.369 e. The van der Waals surface area contributed by atoms with Gasteiger partial charge in [0.1, 0.15) is 11.6 Å². The van der Waals surface area contributed by atoms with Gasteiger partial charge in [0.05, 0.1) is 18.8 Å². The Hall–Kier alpha value is -3.67. The molecule has 0 radical (unpaired) electrons. The highest BCUT2D eigenvalue weighted by molar-refractivity contribution is 5.62. The van der Waals surface area contributed by atoms with Crippen molar-refractivity contribution in [1.82, 2.24) is 14.9 Å². The molecule has 0 saturated carbocycles. The van der Waals surface area contributed by atoms with E-state index in [9.17, 15) is 5.26 Å². The molecule has 0 unspecified atom stereocenters. The van der Waals surface area contributed by atoms with Crippen molar-refractivity contribution in [3.05, 3.63) is 71.9 Å². The van der Waals surface area contributed by atoms with Crippen LogP contribution in [0.2, 0.25) is 0 Å². The fourth-order valence-electron chi connectivity index (χ4n) is 4.29. The van der Waals surface area contributed by atoms with E-state index in [1.54, 1.807) is 11.3 Å². The Morgan fingerprint density at radius 3 is 2.52 bits per heavy atom. The Morgan fingerprint density at radius 2 is 1.79 bits per heavy atom. The number of anilines is 4. The minimum absolute atomic E-state index is 0.00363. The maximum Gasteiger partial charge on any atom is 0.229 e. The molecule has 2 aromatic carbocycles. The van der Waals surface area contributed by atoms with Crippen LogP contribution in [0.4, 0.5) is 23.1 Å². The van der Waals surface area contributed by atoms with Crippen LogP contribution in [0.1, 0.15) is 23.6 Å². The number of aromatic nitrogens is 2. The molecule has 8 nitrogen and oxygen atoms in total. The SMILES string of the molecule is CN1CCN(c2ccc(Nc3ncc(C#N)c(N4OCC[C@@H]4c4ccccc4)n3)cc2)CC1. The average molecular weight is 442 g/mol. The lowest BCUT2D eigenvalue weighted by molar-refractivity contribution is 0.156. The van der Waals surface area contributed by atoms with Crippen LogP contribution in [0.25, 0.3) is 0 Å². The number of nitriles is 1. The topological polar surface area (TPSA) is 80.5 Å². The third kappa shape index (κ3) is 4.60. The van der Waals surface area contributed by atoms with Gasteiger partial charge in [0.15, 0.2) is 5.82 Å². The summed E-state index contributed by atoms with van der Waals surface area (Å²) in [6.45, 7) is 4.79. The number of nitrogens with one attached hydrogen (secondary N) is 1. The average Bonchev–Trinajstić information content (AvgIpc) is 3.35. The molecule has 0 aliphatic carbocycles. The van der Waals surface area contributed by atoms with E-state index >= 15 is 0 Å². The summed E-state index contributed by atoms with van der Waals surface area (Å²) in [5.41, 5.74) is 3.62. The van der Waals surface area contributed by atoms with Crippen LogP contribution in [0, 0.1) is 11.3 Å². The maximum absolute atomic E-state index is 9.65. The quantitative estimate of drug-likeness (QED) is 0.642. The van der Waals surface area contributed by atoms with E-state index in [2.05, 4.69) is 62.5 Å². The molecular formula is C25H27N7O. The maximum atomic E-state index is 9.65. The standard InChI is InChI=1S/C25H27N7O/c1-30-12-14-31(15-13-30)22-9-7-21(8-10-22)28-25-27-18-20(17-26)24(29-25)32-23(11-16-33-32)19-5-3-2-4-6-19/h2-10,18,23H,11-16H2,1H3,(H,27,28,29)/t23-/m1/s1. The fourth-order valence-corrected chi connectivity index (χ4v) is 4.29. The Kier molecular flexibility index (Phi) is 6.07. The number of hydroxylamine groups is 1. The van der Waals surface area contributed by atoms with Crippen LogP contribution < -0.4 is 15.3 Å². The van der Waals surface area contributed by atoms with Crippen molar-refractivity contribution in [2.75, 3.05) is 55.1 Å². The number of rotatable bonds is 5. The van der Waals surface area contributed by atoms with Gasteiger partial charge < -0.3 is 15.1 Å². The van der Waals surface area contributed by atoms with Gasteiger partial charge in [-0.05, 0) is 36.9 Å². The number of piperazine rings is 1. The van der Waals surface area contributed by atoms with E-state index in [1.807, 2.05) is 30.3 Å². The summed E-state index contributed by atoms with van der Waals surface area (Å²) in [5.74, 6) is 0.911. The van der Waals surface area contributed by atoms with E-state index in [1.165, 1.54) is 5.69 Å². The third-order valence-electron chi connectivity index (χ3n) is 6.18. The Bertz CT molecular complexity index is 1120. The lowest BCUT2D eigenvalue weighted by atomic mass is 10.0. The summed E-state index contributed by atoms with van der Waals surface area (Å²) < 4.78 is 0. The van der Waals surface area contributed by atoms with E-state index in [4.69, 9.17) is 4.84 Å². The number of nitrogens with zero attached hydrogens (tertiary/aromatic N) is 6. The second kappa shape index (κ2) is 9.45. The van der Waals surface area contributed by atoms with E-state index in [0.717, 1.165) is 43.9 Å². The Morgan fingerprint density at radius 1 is 1.03 bits per heavy atom. The Balaban J connectivity index is 1.35. The molecule has 0 spiro atoms. The highest BCUT2D eigenvalue weighted by atomic mass is 16.7. The molecule has 168 valence electrons. The second-order valence-corrected chi connectivity index (χ2v) is 8.38. The zero-order chi connectivity index (χ0) is 22.6. The molecule has 8 heteroatoms. The molecule has 3 aromatic rings. The van der Waals surface area contributed by atoms with Gasteiger partial charge in [0.25, 0.3) is 0 Å². The largest absolute Gasteiger partial charge is 0.369 e. The van der Waals surface area contributed by atoms with E-state index in [0.29, 0.717) is 23.9 Å². The van der Waals surface area contributed by atoms with Crippen molar-refractivity contribution in [3.63, 3.8) is 0 Å². The van der Waals surface area contributed by atoms with Crippen LogP contribution in [0.15, 0.2) is 60.8 Å². The van der Waals surface area contributed by atoms with Crippen LogP contribution in [-0.4, -0.2) is 54.7 Å². The first-order valence-corrected chi connectivity index (χ1v) is 11.3. The van der Waals surface area contributed by atoms with Gasteiger partial charge >= 0.3 is 0 Å². The summed E-state index contributed by atoms with van der Waals surface area (Å²) in [6, 6.07) is 20.7. The zero-order valence-electron chi connectivity index (χ0n) is 18.7. The van der Waals surface area contributed by atoms with Crippen LogP contribution >= 0.6 is 0 Å². The molecule has 33 heavy (non-hydrogen) atoms. The number of hydrogen-bond donors (Lipinski definition) is 1. The predicted octanol–water partition coefficient (Wildman–Crippen LogP) is 3.73. The van der Waals surface area contributed by atoms with E-state index in [-0.39, 0.29) is 6.04 Å². The lowest BCUT2D eigenvalue weighted by Gasteiger charge is -2.34. The third-order valence-corrected chi connectivity index (χ3v) is 6.18. The van der Waals surface area contributed by atoms with Crippen LogP contribution in [0.3, 0.4) is 0 Å². The first-order valence-electron chi connectivity index (χ1n) is 11.3. The number of likely N-dealkylation sites (N-methyl/N-ethyl adjacent to an activating group) is 1. The van der Waals surface area contributed by atoms with Gasteiger partial charge in [-0.1, -0.05) is 30.3 Å². The van der Waals surface area contributed by atoms with Gasteiger partial charge in [-0.15, -0.1) is 0 Å². The Labute approximate surface area is 194 Å². The molecule has 2 aliphatic heterocycles. The first kappa shape index (κ1) is 21.2. The zero-order valence-corrected chi connectivity index (χ0v) is 18.7. The van der Waals surface area contributed by atoms with Crippen molar-refractivity contribution in [2.24, 2.45) is 0 Å². The van der Waals surface area contributed by atoms with Gasteiger partial charge in [0.2, 0.25) is 5.95 Å².